The van der Waals surface area contributed by atoms with Gasteiger partial charge in [-0.1, -0.05) is 39.8 Å². The Hall–Kier alpha value is -1.39. The molecular formula is C20H32N2O2. The zero-order chi connectivity index (χ0) is 17.7. The lowest BCUT2D eigenvalue weighted by molar-refractivity contribution is 0.0138. The number of aliphatic hydroxyl groups excluding tert-OH is 1. The van der Waals surface area contributed by atoms with Crippen molar-refractivity contribution >= 4 is 5.91 Å². The van der Waals surface area contributed by atoms with E-state index in [2.05, 4.69) is 16.3 Å². The highest BCUT2D eigenvalue weighted by atomic mass is 16.3. The van der Waals surface area contributed by atoms with Gasteiger partial charge in [0, 0.05) is 24.1 Å². The minimum atomic E-state index is -0.445. The molecular weight excluding hydrogens is 300 g/mol. The van der Waals surface area contributed by atoms with Crippen LogP contribution in [0.1, 0.15) is 56.5 Å². The zero-order valence-electron chi connectivity index (χ0n) is 15.5. The van der Waals surface area contributed by atoms with Gasteiger partial charge >= 0.3 is 0 Å². The van der Waals surface area contributed by atoms with Crippen molar-refractivity contribution in [1.82, 2.24) is 10.2 Å². The molecule has 1 aromatic rings. The van der Waals surface area contributed by atoms with Crippen LogP contribution in [-0.4, -0.2) is 41.7 Å². The molecule has 1 aromatic carbocycles. The third-order valence-electron chi connectivity index (χ3n) is 4.93. The average Bonchev–Trinajstić information content (AvgIpc) is 3.05. The van der Waals surface area contributed by atoms with E-state index in [9.17, 15) is 9.90 Å². The smallest absolute Gasteiger partial charge is 0.251 e. The number of rotatable bonds is 7. The molecule has 1 aliphatic rings. The Morgan fingerprint density at radius 1 is 1.29 bits per heavy atom. The molecule has 0 radical (unpaired) electrons. The maximum absolute atomic E-state index is 12.5. The summed E-state index contributed by atoms with van der Waals surface area (Å²) < 4.78 is 0. The summed E-state index contributed by atoms with van der Waals surface area (Å²) in [7, 11) is 0. The number of amides is 1. The lowest BCUT2D eigenvalue weighted by Gasteiger charge is -2.33. The van der Waals surface area contributed by atoms with Gasteiger partial charge in [-0.3, -0.25) is 9.69 Å². The van der Waals surface area contributed by atoms with Crippen LogP contribution in [0.25, 0.3) is 0 Å². The van der Waals surface area contributed by atoms with Crippen molar-refractivity contribution in [2.75, 3.05) is 19.6 Å². The van der Waals surface area contributed by atoms with Crippen LogP contribution in [0, 0.1) is 11.3 Å². The highest BCUT2D eigenvalue weighted by Crippen LogP contribution is 2.25. The summed E-state index contributed by atoms with van der Waals surface area (Å²) in [6.45, 7) is 11.6. The predicted molar refractivity (Wildman–Crippen MR) is 97.9 cm³/mol. The highest BCUT2D eigenvalue weighted by molar-refractivity contribution is 5.94. The molecule has 2 N–H and O–H groups in total. The minimum Gasteiger partial charge on any atom is -0.392 e. The molecule has 1 saturated heterocycles. The monoisotopic (exact) mass is 332 g/mol. The molecule has 0 spiro atoms. The van der Waals surface area contributed by atoms with Crippen molar-refractivity contribution in [2.24, 2.45) is 11.3 Å². The van der Waals surface area contributed by atoms with E-state index in [4.69, 9.17) is 0 Å². The lowest BCUT2D eigenvalue weighted by atomic mass is 9.80. The molecule has 1 unspecified atom stereocenters. The first kappa shape index (κ1) is 18.9. The topological polar surface area (TPSA) is 52.6 Å². The number of carbonyl (C=O) groups excluding carboxylic acids is 1. The number of hydrogen-bond donors (Lipinski definition) is 2. The van der Waals surface area contributed by atoms with Gasteiger partial charge < -0.3 is 10.4 Å². The molecule has 2 rings (SSSR count). The van der Waals surface area contributed by atoms with Crippen LogP contribution >= 0.6 is 0 Å². The van der Waals surface area contributed by atoms with Crippen LogP contribution < -0.4 is 5.32 Å². The highest BCUT2D eigenvalue weighted by Gasteiger charge is 2.30. The molecule has 134 valence electrons. The lowest BCUT2D eigenvalue weighted by Crippen LogP contribution is -2.43. The van der Waals surface area contributed by atoms with Crippen LogP contribution in [0.5, 0.6) is 0 Å². The zero-order valence-corrected chi connectivity index (χ0v) is 15.5. The standard InChI is InChI=1S/C20H32N2O2/c1-15(2)18(23)20(3,4)14-21-19(24)17-9-7-8-16(12-17)13-22-10-5-6-11-22/h7-9,12,15,18,23H,5-6,10-11,13-14H2,1-4H3,(H,21,24). The molecule has 1 aliphatic heterocycles. The summed E-state index contributed by atoms with van der Waals surface area (Å²) >= 11 is 0. The van der Waals surface area contributed by atoms with E-state index in [-0.39, 0.29) is 17.2 Å². The molecule has 1 heterocycles. The third kappa shape index (κ3) is 5.05. The average molecular weight is 332 g/mol. The van der Waals surface area contributed by atoms with E-state index in [1.165, 1.54) is 18.4 Å². The maximum Gasteiger partial charge on any atom is 0.251 e. The number of likely N-dealkylation sites (tertiary alicyclic amines) is 1. The van der Waals surface area contributed by atoms with Crippen molar-refractivity contribution in [3.63, 3.8) is 0 Å². The summed E-state index contributed by atoms with van der Waals surface area (Å²) in [6.07, 6.45) is 2.10. The predicted octanol–water partition coefficient (Wildman–Crippen LogP) is 3.06. The second kappa shape index (κ2) is 8.13. The summed E-state index contributed by atoms with van der Waals surface area (Å²) in [4.78, 5) is 14.9. The fraction of sp³-hybridized carbons (Fsp3) is 0.650. The fourth-order valence-electron chi connectivity index (χ4n) is 3.43. The van der Waals surface area contributed by atoms with E-state index >= 15 is 0 Å². The maximum atomic E-state index is 12.5. The Balaban J connectivity index is 1.94. The SMILES string of the molecule is CC(C)C(O)C(C)(C)CNC(=O)c1cccc(CN2CCCC2)c1. The van der Waals surface area contributed by atoms with Crippen LogP contribution in [-0.2, 0) is 6.54 Å². The molecule has 4 heteroatoms. The Morgan fingerprint density at radius 3 is 2.58 bits per heavy atom. The van der Waals surface area contributed by atoms with Gasteiger partial charge in [0.25, 0.3) is 5.91 Å². The van der Waals surface area contributed by atoms with Crippen molar-refractivity contribution in [3.8, 4) is 0 Å². The first-order valence-electron chi connectivity index (χ1n) is 9.07. The Labute approximate surface area is 146 Å². The Morgan fingerprint density at radius 2 is 1.96 bits per heavy atom. The van der Waals surface area contributed by atoms with Gasteiger partial charge in [-0.2, -0.15) is 0 Å². The van der Waals surface area contributed by atoms with Crippen LogP contribution in [0.15, 0.2) is 24.3 Å². The third-order valence-corrected chi connectivity index (χ3v) is 4.93. The quantitative estimate of drug-likeness (QED) is 0.807. The van der Waals surface area contributed by atoms with Crippen molar-refractivity contribution in [3.05, 3.63) is 35.4 Å². The number of benzene rings is 1. The Kier molecular flexibility index (Phi) is 6.41. The van der Waals surface area contributed by atoms with Gasteiger partial charge in [-0.05, 0) is 49.5 Å². The molecule has 1 atom stereocenters. The van der Waals surface area contributed by atoms with Gasteiger partial charge in [0.15, 0.2) is 0 Å². The van der Waals surface area contributed by atoms with Crippen LogP contribution in [0.2, 0.25) is 0 Å². The van der Waals surface area contributed by atoms with E-state index < -0.39 is 6.10 Å². The van der Waals surface area contributed by atoms with Crippen LogP contribution in [0.4, 0.5) is 0 Å². The summed E-state index contributed by atoms with van der Waals surface area (Å²) in [5.41, 5.74) is 1.53. The van der Waals surface area contributed by atoms with Crippen LogP contribution in [0.3, 0.4) is 0 Å². The van der Waals surface area contributed by atoms with Gasteiger partial charge in [0.05, 0.1) is 6.10 Å². The first-order valence-corrected chi connectivity index (χ1v) is 9.07. The van der Waals surface area contributed by atoms with Gasteiger partial charge in [-0.15, -0.1) is 0 Å². The van der Waals surface area contributed by atoms with E-state index in [1.54, 1.807) is 0 Å². The van der Waals surface area contributed by atoms with Gasteiger partial charge in [-0.25, -0.2) is 0 Å². The number of carbonyl (C=O) groups is 1. The second-order valence-electron chi connectivity index (χ2n) is 8.04. The van der Waals surface area contributed by atoms with Crippen molar-refractivity contribution < 1.29 is 9.90 Å². The molecule has 0 saturated carbocycles. The van der Waals surface area contributed by atoms with E-state index in [0.717, 1.165) is 19.6 Å². The number of aliphatic hydroxyl groups is 1. The molecule has 4 nitrogen and oxygen atoms in total. The molecule has 0 bridgehead atoms. The molecule has 24 heavy (non-hydrogen) atoms. The summed E-state index contributed by atoms with van der Waals surface area (Å²) in [5, 5.41) is 13.3. The normalized spacial score (nSPS) is 17.2. The number of nitrogens with one attached hydrogen (secondary N) is 1. The largest absolute Gasteiger partial charge is 0.392 e. The number of hydrogen-bond acceptors (Lipinski definition) is 3. The molecule has 0 aliphatic carbocycles. The summed E-state index contributed by atoms with van der Waals surface area (Å²) in [5.74, 6) is 0.1000. The van der Waals surface area contributed by atoms with Crippen molar-refractivity contribution in [1.29, 1.82) is 0 Å². The van der Waals surface area contributed by atoms with E-state index in [1.807, 2.05) is 45.9 Å². The minimum absolute atomic E-state index is 0.0673. The molecule has 1 amide bonds. The molecule has 1 fully saturated rings. The van der Waals surface area contributed by atoms with Gasteiger partial charge in [0.1, 0.15) is 0 Å². The first-order chi connectivity index (χ1) is 11.3. The second-order valence-corrected chi connectivity index (χ2v) is 8.04. The Bertz CT molecular complexity index is 548. The number of nitrogens with zero attached hydrogens (tertiary/aromatic N) is 1. The summed E-state index contributed by atoms with van der Waals surface area (Å²) in [6, 6.07) is 7.88. The van der Waals surface area contributed by atoms with E-state index in [0.29, 0.717) is 12.1 Å². The van der Waals surface area contributed by atoms with Crippen molar-refractivity contribution in [2.45, 2.75) is 53.2 Å². The van der Waals surface area contributed by atoms with Gasteiger partial charge in [0.2, 0.25) is 0 Å². The fourth-order valence-corrected chi connectivity index (χ4v) is 3.43. The molecule has 0 aromatic heterocycles.